The van der Waals surface area contributed by atoms with Crippen molar-refractivity contribution < 1.29 is 4.79 Å². The van der Waals surface area contributed by atoms with Crippen LogP contribution in [0.1, 0.15) is 32.6 Å². The molecule has 0 radical (unpaired) electrons. The lowest BCUT2D eigenvalue weighted by atomic mass is 9.65. The minimum Gasteiger partial charge on any atom is -0.300 e. The molecular weight excluding hydrogens is 160 g/mol. The normalized spacial score (nSPS) is 38.4. The average Bonchev–Trinajstić information content (AvgIpc) is 2.44. The van der Waals surface area contributed by atoms with Gasteiger partial charge in [-0.15, -0.1) is 6.58 Å². The van der Waals surface area contributed by atoms with E-state index in [1.54, 1.807) is 0 Å². The summed E-state index contributed by atoms with van der Waals surface area (Å²) in [6.45, 7) is 6.05. The smallest absolute Gasteiger partial charge is 0.134 e. The van der Waals surface area contributed by atoms with E-state index < -0.39 is 0 Å². The molecule has 2 aliphatic carbocycles. The van der Waals surface area contributed by atoms with Gasteiger partial charge in [-0.25, -0.2) is 0 Å². The van der Waals surface area contributed by atoms with Crippen LogP contribution in [0, 0.1) is 11.3 Å². The maximum atomic E-state index is 11.4. The van der Waals surface area contributed by atoms with Crippen LogP contribution in [0.15, 0.2) is 24.3 Å². The van der Waals surface area contributed by atoms with Gasteiger partial charge in [0.15, 0.2) is 0 Å². The summed E-state index contributed by atoms with van der Waals surface area (Å²) in [6, 6.07) is 0. The highest BCUT2D eigenvalue weighted by Gasteiger charge is 2.44. The molecule has 0 saturated heterocycles. The number of carbonyl (C=O) groups excluding carboxylic acids is 1. The van der Waals surface area contributed by atoms with E-state index in [9.17, 15) is 4.79 Å². The molecule has 0 aromatic heterocycles. The number of carbonyl (C=O) groups is 1. The molecule has 0 bridgehead atoms. The zero-order valence-corrected chi connectivity index (χ0v) is 8.18. The molecule has 70 valence electrons. The standard InChI is InChI=1S/C12H16O/c1-3-12-8-11(13)7-6-10(12)5-4-9(12)2/h3-4,10H,1,5-8H2,2H3. The SMILES string of the molecule is C=CC12CC(=O)CCC1CC=C2C. The molecule has 2 atom stereocenters. The van der Waals surface area contributed by atoms with Crippen LogP contribution in [0.2, 0.25) is 0 Å². The first kappa shape index (κ1) is 8.74. The molecule has 0 N–H and O–H groups in total. The fourth-order valence-electron chi connectivity index (χ4n) is 2.85. The molecule has 13 heavy (non-hydrogen) atoms. The van der Waals surface area contributed by atoms with Gasteiger partial charge in [-0.1, -0.05) is 17.7 Å². The molecule has 0 aromatic carbocycles. The van der Waals surface area contributed by atoms with E-state index in [-0.39, 0.29) is 5.41 Å². The summed E-state index contributed by atoms with van der Waals surface area (Å²) < 4.78 is 0. The largest absolute Gasteiger partial charge is 0.300 e. The molecule has 0 aliphatic heterocycles. The van der Waals surface area contributed by atoms with E-state index in [0.29, 0.717) is 18.1 Å². The van der Waals surface area contributed by atoms with Crippen LogP contribution in [0.3, 0.4) is 0 Å². The maximum absolute atomic E-state index is 11.4. The first-order valence-corrected chi connectivity index (χ1v) is 5.01. The molecule has 2 unspecified atom stereocenters. The Balaban J connectivity index is 2.36. The van der Waals surface area contributed by atoms with Crippen LogP contribution >= 0.6 is 0 Å². The number of ketones is 1. The first-order valence-electron chi connectivity index (χ1n) is 5.01. The van der Waals surface area contributed by atoms with Crippen molar-refractivity contribution >= 4 is 5.78 Å². The van der Waals surface area contributed by atoms with Crippen LogP contribution in [0.5, 0.6) is 0 Å². The molecule has 0 aromatic rings. The van der Waals surface area contributed by atoms with Gasteiger partial charge >= 0.3 is 0 Å². The Morgan fingerprint density at radius 3 is 3.15 bits per heavy atom. The Labute approximate surface area is 79.5 Å². The van der Waals surface area contributed by atoms with Gasteiger partial charge < -0.3 is 0 Å². The molecule has 1 heteroatoms. The Morgan fingerprint density at radius 1 is 1.69 bits per heavy atom. The summed E-state index contributed by atoms with van der Waals surface area (Å²) in [5.74, 6) is 1.06. The fourth-order valence-corrected chi connectivity index (χ4v) is 2.85. The maximum Gasteiger partial charge on any atom is 0.134 e. The summed E-state index contributed by atoms with van der Waals surface area (Å²) in [6.07, 6.45) is 7.97. The molecule has 2 aliphatic rings. The molecule has 2 rings (SSSR count). The average molecular weight is 176 g/mol. The van der Waals surface area contributed by atoms with Crippen LogP contribution < -0.4 is 0 Å². The summed E-state index contributed by atoms with van der Waals surface area (Å²) in [4.78, 5) is 11.4. The number of hydrogen-bond acceptors (Lipinski definition) is 1. The third-order valence-corrected chi connectivity index (χ3v) is 3.80. The second-order valence-electron chi connectivity index (χ2n) is 4.32. The third kappa shape index (κ3) is 1.10. The minimum atomic E-state index is 0.0370. The zero-order valence-electron chi connectivity index (χ0n) is 8.18. The van der Waals surface area contributed by atoms with E-state index >= 15 is 0 Å². The molecule has 1 saturated carbocycles. The highest BCUT2D eigenvalue weighted by molar-refractivity contribution is 5.81. The van der Waals surface area contributed by atoms with Crippen molar-refractivity contribution in [2.45, 2.75) is 32.6 Å². The van der Waals surface area contributed by atoms with Crippen molar-refractivity contribution in [1.29, 1.82) is 0 Å². The molecular formula is C12H16O. The van der Waals surface area contributed by atoms with Crippen molar-refractivity contribution in [3.8, 4) is 0 Å². The lowest BCUT2D eigenvalue weighted by molar-refractivity contribution is -0.123. The molecule has 1 nitrogen and oxygen atoms in total. The predicted molar refractivity (Wildman–Crippen MR) is 53.4 cm³/mol. The Hall–Kier alpha value is -0.850. The van der Waals surface area contributed by atoms with Gasteiger partial charge in [0.1, 0.15) is 5.78 Å². The second kappa shape index (κ2) is 2.83. The second-order valence-corrected chi connectivity index (χ2v) is 4.32. The number of allylic oxidation sites excluding steroid dienone is 3. The third-order valence-electron chi connectivity index (χ3n) is 3.80. The Bertz CT molecular complexity index is 287. The van der Waals surface area contributed by atoms with Crippen molar-refractivity contribution in [3.05, 3.63) is 24.3 Å². The highest BCUT2D eigenvalue weighted by Crippen LogP contribution is 2.52. The summed E-state index contributed by atoms with van der Waals surface area (Å²) in [5, 5.41) is 0. The lowest BCUT2D eigenvalue weighted by Gasteiger charge is -2.38. The fraction of sp³-hybridized carbons (Fsp3) is 0.583. The highest BCUT2D eigenvalue weighted by atomic mass is 16.1. The van der Waals surface area contributed by atoms with Crippen LogP contribution in [-0.4, -0.2) is 5.78 Å². The van der Waals surface area contributed by atoms with E-state index in [1.807, 2.05) is 6.08 Å². The van der Waals surface area contributed by atoms with E-state index in [4.69, 9.17) is 0 Å². The zero-order chi connectivity index (χ0) is 9.47. The Morgan fingerprint density at radius 2 is 2.46 bits per heavy atom. The number of rotatable bonds is 1. The topological polar surface area (TPSA) is 17.1 Å². The predicted octanol–water partition coefficient (Wildman–Crippen LogP) is 2.88. The summed E-state index contributed by atoms with van der Waals surface area (Å²) in [5.41, 5.74) is 1.40. The Kier molecular flexibility index (Phi) is 1.90. The summed E-state index contributed by atoms with van der Waals surface area (Å²) in [7, 11) is 0. The molecule has 0 amide bonds. The first-order chi connectivity index (χ1) is 6.19. The van der Waals surface area contributed by atoms with Gasteiger partial charge in [0.05, 0.1) is 0 Å². The van der Waals surface area contributed by atoms with E-state index in [1.165, 1.54) is 5.57 Å². The number of hydrogen-bond donors (Lipinski definition) is 0. The van der Waals surface area contributed by atoms with Crippen molar-refractivity contribution in [1.82, 2.24) is 0 Å². The summed E-state index contributed by atoms with van der Waals surface area (Å²) >= 11 is 0. The van der Waals surface area contributed by atoms with Gasteiger partial charge in [-0.3, -0.25) is 4.79 Å². The quantitative estimate of drug-likeness (QED) is 0.561. The minimum absolute atomic E-state index is 0.0370. The lowest BCUT2D eigenvalue weighted by Crippen LogP contribution is -2.33. The van der Waals surface area contributed by atoms with Crippen molar-refractivity contribution in [3.63, 3.8) is 0 Å². The van der Waals surface area contributed by atoms with Crippen molar-refractivity contribution in [2.75, 3.05) is 0 Å². The number of Topliss-reactive ketones (excluding diaryl/α,β-unsaturated/α-hetero) is 1. The monoisotopic (exact) mass is 176 g/mol. The van der Waals surface area contributed by atoms with Gasteiger partial charge in [-0.2, -0.15) is 0 Å². The van der Waals surface area contributed by atoms with Crippen molar-refractivity contribution in [2.24, 2.45) is 11.3 Å². The van der Waals surface area contributed by atoms with E-state index in [0.717, 1.165) is 19.3 Å². The van der Waals surface area contributed by atoms with Gasteiger partial charge in [0, 0.05) is 18.3 Å². The molecule has 0 heterocycles. The van der Waals surface area contributed by atoms with Crippen LogP contribution in [0.4, 0.5) is 0 Å². The van der Waals surface area contributed by atoms with E-state index in [2.05, 4.69) is 19.6 Å². The van der Waals surface area contributed by atoms with Gasteiger partial charge in [-0.05, 0) is 25.7 Å². The van der Waals surface area contributed by atoms with Gasteiger partial charge in [0.25, 0.3) is 0 Å². The van der Waals surface area contributed by atoms with Gasteiger partial charge in [0.2, 0.25) is 0 Å². The van der Waals surface area contributed by atoms with Crippen LogP contribution in [-0.2, 0) is 4.79 Å². The van der Waals surface area contributed by atoms with Crippen LogP contribution in [0.25, 0.3) is 0 Å². The molecule has 1 fully saturated rings. The number of fused-ring (bicyclic) bond motifs is 1. The molecule has 0 spiro atoms.